The third-order valence-electron chi connectivity index (χ3n) is 1.69. The van der Waals surface area contributed by atoms with Crippen LogP contribution in [0.3, 0.4) is 0 Å². The number of aryl methyl sites for hydroxylation is 1. The van der Waals surface area contributed by atoms with E-state index < -0.39 is 0 Å². The van der Waals surface area contributed by atoms with Gasteiger partial charge in [0, 0.05) is 18.8 Å². The van der Waals surface area contributed by atoms with Crippen LogP contribution < -0.4 is 0 Å². The molecule has 0 saturated carbocycles. The summed E-state index contributed by atoms with van der Waals surface area (Å²) in [4.78, 5) is 7.79. The zero-order valence-electron chi connectivity index (χ0n) is 7.28. The third-order valence-corrected chi connectivity index (χ3v) is 2.15. The van der Waals surface area contributed by atoms with Gasteiger partial charge in [-0.25, -0.2) is 9.97 Å². The summed E-state index contributed by atoms with van der Waals surface area (Å²) in [6.45, 7) is 0. The predicted octanol–water partition coefficient (Wildman–Crippen LogP) is 2.18. The van der Waals surface area contributed by atoms with Crippen molar-refractivity contribution in [3.63, 3.8) is 0 Å². The zero-order valence-corrected chi connectivity index (χ0v) is 8.79. The summed E-state index contributed by atoms with van der Waals surface area (Å²) in [5, 5.41) is 4.65. The van der Waals surface area contributed by atoms with Crippen molar-refractivity contribution in [3.05, 3.63) is 28.9 Å². The molecular weight excluding hydrogens is 223 g/mol. The van der Waals surface area contributed by atoms with Crippen molar-refractivity contribution in [2.45, 2.75) is 0 Å². The van der Waals surface area contributed by atoms with Gasteiger partial charge in [0.2, 0.25) is 5.28 Å². The molecule has 2 heterocycles. The van der Waals surface area contributed by atoms with Gasteiger partial charge in [0.1, 0.15) is 0 Å². The zero-order chi connectivity index (χ0) is 10.1. The second kappa shape index (κ2) is 3.55. The molecule has 4 nitrogen and oxygen atoms in total. The maximum Gasteiger partial charge on any atom is 0.222 e. The Morgan fingerprint density at radius 1 is 1.29 bits per heavy atom. The average Bonchev–Trinajstić information content (AvgIpc) is 2.56. The fourth-order valence-corrected chi connectivity index (χ4v) is 1.43. The molecule has 2 aromatic heterocycles. The van der Waals surface area contributed by atoms with E-state index in [9.17, 15) is 0 Å². The van der Waals surface area contributed by atoms with Crippen molar-refractivity contribution in [1.29, 1.82) is 0 Å². The molecule has 6 heteroatoms. The fourth-order valence-electron chi connectivity index (χ4n) is 1.09. The molecule has 0 aliphatic rings. The molecule has 0 amide bonds. The highest BCUT2D eigenvalue weighted by Crippen LogP contribution is 2.25. The second-order valence-corrected chi connectivity index (χ2v) is 3.48. The fraction of sp³-hybridized carbons (Fsp3) is 0.125. The summed E-state index contributed by atoms with van der Waals surface area (Å²) in [5.41, 5.74) is 1.42. The topological polar surface area (TPSA) is 43.6 Å². The largest absolute Gasteiger partial charge is 0.275 e. The van der Waals surface area contributed by atoms with Gasteiger partial charge in [-0.15, -0.1) is 0 Å². The molecule has 0 aliphatic heterocycles. The van der Waals surface area contributed by atoms with E-state index in [1.165, 1.54) is 6.20 Å². The number of rotatable bonds is 1. The lowest BCUT2D eigenvalue weighted by Gasteiger charge is -1.98. The van der Waals surface area contributed by atoms with E-state index in [-0.39, 0.29) is 5.28 Å². The Morgan fingerprint density at radius 3 is 2.71 bits per heavy atom. The molecule has 0 atom stereocenters. The van der Waals surface area contributed by atoms with Gasteiger partial charge in [0.25, 0.3) is 0 Å². The van der Waals surface area contributed by atoms with Crippen LogP contribution >= 0.6 is 23.2 Å². The molecule has 0 bridgehead atoms. The van der Waals surface area contributed by atoms with Crippen molar-refractivity contribution in [3.8, 4) is 11.3 Å². The van der Waals surface area contributed by atoms with Crippen LogP contribution in [0.4, 0.5) is 0 Å². The average molecular weight is 229 g/mol. The van der Waals surface area contributed by atoms with Gasteiger partial charge in [-0.2, -0.15) is 5.10 Å². The Kier molecular flexibility index (Phi) is 2.39. The van der Waals surface area contributed by atoms with Gasteiger partial charge in [-0.3, -0.25) is 4.68 Å². The van der Waals surface area contributed by atoms with Gasteiger partial charge in [0.15, 0.2) is 0 Å². The first-order valence-corrected chi connectivity index (χ1v) is 4.59. The molecule has 0 saturated heterocycles. The number of hydrogen-bond acceptors (Lipinski definition) is 3. The second-order valence-electron chi connectivity index (χ2n) is 2.74. The standard InChI is InChI=1S/C8H6Cl2N4/c1-14-4-5(2-12-14)7-6(9)3-11-8(10)13-7/h2-4H,1H3. The third kappa shape index (κ3) is 1.71. The van der Waals surface area contributed by atoms with Gasteiger partial charge >= 0.3 is 0 Å². The lowest BCUT2D eigenvalue weighted by atomic mass is 10.2. The van der Waals surface area contributed by atoms with Gasteiger partial charge < -0.3 is 0 Å². The Labute approximate surface area is 90.5 Å². The maximum absolute atomic E-state index is 5.92. The first kappa shape index (κ1) is 9.43. The Bertz CT molecular complexity index is 466. The first-order valence-electron chi connectivity index (χ1n) is 3.84. The van der Waals surface area contributed by atoms with E-state index in [2.05, 4.69) is 15.1 Å². The predicted molar refractivity (Wildman–Crippen MR) is 54.3 cm³/mol. The summed E-state index contributed by atoms with van der Waals surface area (Å²) in [6, 6.07) is 0. The highest BCUT2D eigenvalue weighted by molar-refractivity contribution is 6.33. The quantitative estimate of drug-likeness (QED) is 0.704. The molecule has 14 heavy (non-hydrogen) atoms. The van der Waals surface area contributed by atoms with Crippen molar-refractivity contribution in [2.24, 2.45) is 7.05 Å². The van der Waals surface area contributed by atoms with Crippen molar-refractivity contribution in [1.82, 2.24) is 19.7 Å². The van der Waals surface area contributed by atoms with E-state index in [1.54, 1.807) is 10.9 Å². The van der Waals surface area contributed by atoms with Crippen LogP contribution in [0.1, 0.15) is 0 Å². The van der Waals surface area contributed by atoms with E-state index in [0.29, 0.717) is 10.7 Å². The molecule has 0 aromatic carbocycles. The molecule has 0 N–H and O–H groups in total. The first-order chi connectivity index (χ1) is 6.66. The van der Waals surface area contributed by atoms with Crippen LogP contribution in [0.25, 0.3) is 11.3 Å². The molecule has 0 aliphatic carbocycles. The molecule has 72 valence electrons. The van der Waals surface area contributed by atoms with Crippen molar-refractivity contribution >= 4 is 23.2 Å². The van der Waals surface area contributed by atoms with Crippen molar-refractivity contribution < 1.29 is 0 Å². The van der Waals surface area contributed by atoms with Gasteiger partial charge in [0.05, 0.1) is 23.1 Å². The molecule has 2 rings (SSSR count). The number of halogens is 2. The van der Waals surface area contributed by atoms with E-state index >= 15 is 0 Å². The van der Waals surface area contributed by atoms with E-state index in [0.717, 1.165) is 5.56 Å². The summed E-state index contributed by atoms with van der Waals surface area (Å²) in [5.74, 6) is 0. The Hall–Kier alpha value is -1.13. The minimum absolute atomic E-state index is 0.174. The molecule has 0 fully saturated rings. The van der Waals surface area contributed by atoms with Crippen LogP contribution in [0, 0.1) is 0 Å². The SMILES string of the molecule is Cn1cc(-c2nc(Cl)ncc2Cl)cn1. The summed E-state index contributed by atoms with van der Waals surface area (Å²) >= 11 is 11.6. The maximum atomic E-state index is 5.92. The number of hydrogen-bond donors (Lipinski definition) is 0. The van der Waals surface area contributed by atoms with Crippen LogP contribution in [0.5, 0.6) is 0 Å². The van der Waals surface area contributed by atoms with Gasteiger partial charge in [-0.1, -0.05) is 11.6 Å². The smallest absolute Gasteiger partial charge is 0.222 e. The minimum Gasteiger partial charge on any atom is -0.275 e. The lowest BCUT2D eigenvalue weighted by molar-refractivity contribution is 0.768. The van der Waals surface area contributed by atoms with E-state index in [4.69, 9.17) is 23.2 Å². The Balaban J connectivity index is 2.55. The van der Waals surface area contributed by atoms with E-state index in [1.807, 2.05) is 13.2 Å². The van der Waals surface area contributed by atoms with Crippen LogP contribution in [0.15, 0.2) is 18.6 Å². The molecular formula is C8H6Cl2N4. The highest BCUT2D eigenvalue weighted by atomic mass is 35.5. The van der Waals surface area contributed by atoms with Crippen LogP contribution in [-0.4, -0.2) is 19.7 Å². The van der Waals surface area contributed by atoms with Crippen LogP contribution in [-0.2, 0) is 7.05 Å². The van der Waals surface area contributed by atoms with Crippen LogP contribution in [0.2, 0.25) is 10.3 Å². The minimum atomic E-state index is 0.174. The Morgan fingerprint density at radius 2 is 2.07 bits per heavy atom. The molecule has 0 radical (unpaired) electrons. The highest BCUT2D eigenvalue weighted by Gasteiger charge is 2.08. The summed E-state index contributed by atoms with van der Waals surface area (Å²) in [7, 11) is 1.82. The van der Waals surface area contributed by atoms with Crippen molar-refractivity contribution in [2.75, 3.05) is 0 Å². The molecule has 0 unspecified atom stereocenters. The van der Waals surface area contributed by atoms with Gasteiger partial charge in [-0.05, 0) is 11.6 Å². The summed E-state index contributed by atoms with van der Waals surface area (Å²) < 4.78 is 1.67. The monoisotopic (exact) mass is 228 g/mol. The summed E-state index contributed by atoms with van der Waals surface area (Å²) in [6.07, 6.45) is 4.95. The normalized spacial score (nSPS) is 10.5. The number of nitrogens with zero attached hydrogens (tertiary/aromatic N) is 4. The molecule has 2 aromatic rings. The molecule has 0 spiro atoms. The number of aromatic nitrogens is 4. The lowest BCUT2D eigenvalue weighted by Crippen LogP contribution is -1.88.